The van der Waals surface area contributed by atoms with Crippen LogP contribution < -0.4 is 11.1 Å². The van der Waals surface area contributed by atoms with Crippen LogP contribution in [0.5, 0.6) is 0 Å². The van der Waals surface area contributed by atoms with E-state index in [-0.39, 0.29) is 12.3 Å². The number of nitrogens with one attached hydrogen (secondary N) is 2. The molecular weight excluding hydrogens is 426 g/mol. The number of H-pyrrole nitrogens is 1. The Bertz CT molecular complexity index is 1210. The first-order valence-electron chi connectivity index (χ1n) is 8.93. The molecule has 4 aromatic rings. The van der Waals surface area contributed by atoms with E-state index in [0.717, 1.165) is 5.56 Å². The van der Waals surface area contributed by atoms with Crippen LogP contribution in [0.25, 0.3) is 22.6 Å². The topological polar surface area (TPSA) is 127 Å². The second-order valence-electron chi connectivity index (χ2n) is 6.35. The number of oxazole rings is 1. The van der Waals surface area contributed by atoms with Crippen molar-refractivity contribution in [2.75, 3.05) is 5.32 Å². The summed E-state index contributed by atoms with van der Waals surface area (Å²) in [6.45, 7) is 0. The number of amides is 2. The van der Waals surface area contributed by atoms with Crippen molar-refractivity contribution in [1.29, 1.82) is 0 Å². The third-order valence-electron chi connectivity index (χ3n) is 4.25. The molecule has 0 radical (unpaired) electrons. The number of halogens is 1. The van der Waals surface area contributed by atoms with Crippen molar-refractivity contribution >= 4 is 39.9 Å². The minimum atomic E-state index is -0.547. The summed E-state index contributed by atoms with van der Waals surface area (Å²) >= 11 is 7.45. The molecule has 0 aliphatic heterocycles. The Morgan fingerprint density at radius 2 is 2.13 bits per heavy atom. The number of carbonyl (C=O) groups is 2. The average molecular weight is 442 g/mol. The first kappa shape index (κ1) is 19.9. The van der Waals surface area contributed by atoms with Crippen molar-refractivity contribution in [2.24, 2.45) is 5.73 Å². The lowest BCUT2D eigenvalue weighted by molar-refractivity contribution is -0.116. The lowest BCUT2D eigenvalue weighted by Gasteiger charge is -2.00. The highest BCUT2D eigenvalue weighted by atomic mass is 35.5. The monoisotopic (exact) mass is 441 g/mol. The lowest BCUT2D eigenvalue weighted by Crippen LogP contribution is -2.12. The number of anilines is 1. The van der Waals surface area contributed by atoms with Crippen molar-refractivity contribution in [3.8, 4) is 22.6 Å². The van der Waals surface area contributed by atoms with E-state index < -0.39 is 5.91 Å². The zero-order chi connectivity index (χ0) is 21.1. The molecule has 3 aromatic heterocycles. The van der Waals surface area contributed by atoms with Crippen LogP contribution in [0.15, 0.2) is 52.5 Å². The number of hydrogen-bond acceptors (Lipinski definition) is 6. The predicted molar refractivity (Wildman–Crippen MR) is 114 cm³/mol. The van der Waals surface area contributed by atoms with Crippen LogP contribution >= 0.6 is 22.9 Å². The Balaban J connectivity index is 1.34. The Hall–Kier alpha value is -3.43. The van der Waals surface area contributed by atoms with Crippen molar-refractivity contribution in [1.82, 2.24) is 15.0 Å². The molecule has 30 heavy (non-hydrogen) atoms. The smallest absolute Gasteiger partial charge is 0.265 e. The molecule has 4 rings (SSSR count). The number of aryl methyl sites for hydroxylation is 1. The van der Waals surface area contributed by atoms with Gasteiger partial charge < -0.3 is 20.5 Å². The van der Waals surface area contributed by atoms with Gasteiger partial charge in [-0.2, -0.15) is 0 Å². The molecule has 0 aliphatic carbocycles. The standard InChI is InChI=1S/C20H16ClN5O3S/c21-13-4-2-1-3-12(13)16-9-24-18(29-16)6-5-17(27)26-20-25-15(10-30-20)11-7-14(19(22)28)23-8-11/h1-4,7-10,23H,5-6H2,(H2,22,28)(H,25,26,27). The third kappa shape index (κ3) is 4.42. The van der Waals surface area contributed by atoms with Crippen LogP contribution in [-0.4, -0.2) is 26.8 Å². The molecule has 2 amide bonds. The number of aromatic nitrogens is 3. The summed E-state index contributed by atoms with van der Waals surface area (Å²) in [6, 6.07) is 8.93. The minimum Gasteiger partial charge on any atom is -0.441 e. The third-order valence-corrected chi connectivity index (χ3v) is 5.34. The number of rotatable bonds is 7. The summed E-state index contributed by atoms with van der Waals surface area (Å²) < 4.78 is 5.70. The molecular formula is C20H16ClN5O3S. The van der Waals surface area contributed by atoms with Gasteiger partial charge in [0.05, 0.1) is 16.9 Å². The van der Waals surface area contributed by atoms with E-state index in [1.165, 1.54) is 11.3 Å². The van der Waals surface area contributed by atoms with E-state index in [9.17, 15) is 9.59 Å². The quantitative estimate of drug-likeness (QED) is 0.397. The molecule has 152 valence electrons. The van der Waals surface area contributed by atoms with E-state index in [0.29, 0.717) is 45.2 Å². The van der Waals surface area contributed by atoms with Gasteiger partial charge in [0.1, 0.15) is 5.69 Å². The fourth-order valence-corrected chi connectivity index (χ4v) is 3.73. The van der Waals surface area contributed by atoms with Gasteiger partial charge in [-0.05, 0) is 18.2 Å². The van der Waals surface area contributed by atoms with Gasteiger partial charge in [0.15, 0.2) is 16.8 Å². The highest BCUT2D eigenvalue weighted by Gasteiger charge is 2.13. The van der Waals surface area contributed by atoms with Crippen LogP contribution in [0, 0.1) is 0 Å². The van der Waals surface area contributed by atoms with Crippen molar-refractivity contribution < 1.29 is 14.0 Å². The summed E-state index contributed by atoms with van der Waals surface area (Å²) in [5.41, 5.74) is 7.63. The van der Waals surface area contributed by atoms with Crippen LogP contribution in [-0.2, 0) is 11.2 Å². The summed E-state index contributed by atoms with van der Waals surface area (Å²) in [5.74, 6) is 0.253. The van der Waals surface area contributed by atoms with Gasteiger partial charge in [-0.1, -0.05) is 23.7 Å². The number of nitrogens with zero attached hydrogens (tertiary/aromatic N) is 2. The molecule has 0 bridgehead atoms. The summed E-state index contributed by atoms with van der Waals surface area (Å²) in [4.78, 5) is 34.8. The first-order valence-corrected chi connectivity index (χ1v) is 10.2. The number of carbonyl (C=O) groups excluding carboxylic acids is 2. The van der Waals surface area contributed by atoms with Crippen LogP contribution in [0.1, 0.15) is 22.8 Å². The Labute approximate surface area is 180 Å². The summed E-state index contributed by atoms with van der Waals surface area (Å²) in [6.07, 6.45) is 3.76. The SMILES string of the molecule is NC(=O)c1cc(-c2csc(NC(=O)CCc3ncc(-c4ccccc4Cl)o3)n2)c[nH]1. The van der Waals surface area contributed by atoms with Crippen molar-refractivity contribution in [2.45, 2.75) is 12.8 Å². The first-order chi connectivity index (χ1) is 14.5. The van der Waals surface area contributed by atoms with Gasteiger partial charge in [0, 0.05) is 35.5 Å². The molecule has 0 fully saturated rings. The number of thiazole rings is 1. The molecule has 0 saturated carbocycles. The fraction of sp³-hybridized carbons (Fsp3) is 0.100. The van der Waals surface area contributed by atoms with Gasteiger partial charge in [-0.25, -0.2) is 9.97 Å². The van der Waals surface area contributed by atoms with Gasteiger partial charge >= 0.3 is 0 Å². The average Bonchev–Trinajstić information content (AvgIpc) is 3.47. The maximum absolute atomic E-state index is 12.3. The normalized spacial score (nSPS) is 10.8. The second-order valence-corrected chi connectivity index (χ2v) is 7.62. The largest absolute Gasteiger partial charge is 0.441 e. The molecule has 0 spiro atoms. The van der Waals surface area contributed by atoms with Gasteiger partial charge in [0.2, 0.25) is 5.91 Å². The zero-order valence-electron chi connectivity index (χ0n) is 15.5. The summed E-state index contributed by atoms with van der Waals surface area (Å²) in [5, 5.41) is 5.57. The number of aromatic amines is 1. The highest BCUT2D eigenvalue weighted by Crippen LogP contribution is 2.28. The van der Waals surface area contributed by atoms with Gasteiger partial charge in [-0.3, -0.25) is 9.59 Å². The van der Waals surface area contributed by atoms with Crippen molar-refractivity contribution in [3.63, 3.8) is 0 Å². The van der Waals surface area contributed by atoms with Crippen molar-refractivity contribution in [3.05, 3.63) is 64.7 Å². The molecule has 0 unspecified atom stereocenters. The fourth-order valence-electron chi connectivity index (χ4n) is 2.76. The molecule has 0 atom stereocenters. The molecule has 1 aromatic carbocycles. The second kappa shape index (κ2) is 8.52. The Kier molecular flexibility index (Phi) is 5.64. The molecule has 10 heteroatoms. The van der Waals surface area contributed by atoms with E-state index >= 15 is 0 Å². The lowest BCUT2D eigenvalue weighted by atomic mass is 10.2. The number of nitrogens with two attached hydrogens (primary N) is 1. The van der Waals surface area contributed by atoms with Crippen LogP contribution in [0.4, 0.5) is 5.13 Å². The Morgan fingerprint density at radius 1 is 1.30 bits per heavy atom. The molecule has 8 nitrogen and oxygen atoms in total. The maximum atomic E-state index is 12.3. The molecule has 4 N–H and O–H groups in total. The van der Waals surface area contributed by atoms with Crippen LogP contribution in [0.3, 0.4) is 0 Å². The predicted octanol–water partition coefficient (Wildman–Crippen LogP) is 4.12. The molecule has 0 aliphatic rings. The number of benzene rings is 1. The highest BCUT2D eigenvalue weighted by molar-refractivity contribution is 7.14. The number of hydrogen-bond donors (Lipinski definition) is 3. The van der Waals surface area contributed by atoms with E-state index in [2.05, 4.69) is 20.3 Å². The van der Waals surface area contributed by atoms with E-state index in [4.69, 9.17) is 21.8 Å². The van der Waals surface area contributed by atoms with Crippen LogP contribution in [0.2, 0.25) is 5.02 Å². The molecule has 0 saturated heterocycles. The zero-order valence-corrected chi connectivity index (χ0v) is 17.1. The number of primary amides is 1. The minimum absolute atomic E-state index is 0.188. The van der Waals surface area contributed by atoms with E-state index in [1.807, 2.05) is 18.2 Å². The molecule has 3 heterocycles. The summed E-state index contributed by atoms with van der Waals surface area (Å²) in [7, 11) is 0. The van der Waals surface area contributed by atoms with E-state index in [1.54, 1.807) is 29.9 Å². The Morgan fingerprint density at radius 3 is 2.90 bits per heavy atom. The maximum Gasteiger partial charge on any atom is 0.265 e. The van der Waals surface area contributed by atoms with Gasteiger partial charge in [0.25, 0.3) is 5.91 Å². The van der Waals surface area contributed by atoms with Gasteiger partial charge in [-0.15, -0.1) is 11.3 Å².